The lowest BCUT2D eigenvalue weighted by atomic mass is 9.72. The normalized spacial score (nSPS) is 12.8. The maximum Gasteiger partial charge on any atom is 0.312 e. The molecule has 0 saturated carbocycles. The molecule has 0 fully saturated rings. The van der Waals surface area contributed by atoms with Gasteiger partial charge in [0, 0.05) is 0 Å². The van der Waals surface area contributed by atoms with Gasteiger partial charge >= 0.3 is 11.9 Å². The summed E-state index contributed by atoms with van der Waals surface area (Å²) in [5, 5.41) is 9.24. The molecule has 0 heterocycles. The summed E-state index contributed by atoms with van der Waals surface area (Å²) >= 11 is 0. The predicted molar refractivity (Wildman–Crippen MR) is 84.0 cm³/mol. The van der Waals surface area contributed by atoms with Crippen LogP contribution in [0.15, 0.2) is 0 Å². The van der Waals surface area contributed by atoms with E-state index in [0.717, 1.165) is 0 Å². The van der Waals surface area contributed by atoms with Crippen molar-refractivity contribution in [1.82, 2.24) is 0 Å². The summed E-state index contributed by atoms with van der Waals surface area (Å²) in [6, 6.07) is 0. The molecule has 1 N–H and O–H groups in total. The van der Waals surface area contributed by atoms with E-state index in [1.165, 1.54) is 0 Å². The summed E-state index contributed by atoms with van der Waals surface area (Å²) in [5.41, 5.74) is -1.04. The number of ether oxygens (including phenoxy) is 1. The zero-order chi connectivity index (χ0) is 16.8. The summed E-state index contributed by atoms with van der Waals surface area (Å²) in [4.78, 5) is 23.9. The topological polar surface area (TPSA) is 63.6 Å². The molecular formula is C17H32O4. The highest BCUT2D eigenvalue weighted by molar-refractivity contribution is 5.82. The summed E-state index contributed by atoms with van der Waals surface area (Å²) in [6.07, 6.45) is 0.924. The highest BCUT2D eigenvalue weighted by atomic mass is 16.5. The van der Waals surface area contributed by atoms with E-state index in [2.05, 4.69) is 0 Å². The van der Waals surface area contributed by atoms with E-state index in [4.69, 9.17) is 4.74 Å². The quantitative estimate of drug-likeness (QED) is 0.685. The lowest BCUT2D eigenvalue weighted by Crippen LogP contribution is -2.39. The van der Waals surface area contributed by atoms with E-state index < -0.39 is 11.4 Å². The minimum absolute atomic E-state index is 0.125. The SMILES string of the molecule is CC(C)CC(CC(=O)O)(CC(C)C)C(=O)OCC(C)(C)C. The first-order valence-corrected chi connectivity index (χ1v) is 7.77. The molecule has 0 saturated heterocycles. The molecule has 0 radical (unpaired) electrons. The third-order valence-corrected chi connectivity index (χ3v) is 3.16. The molecule has 0 aliphatic rings. The van der Waals surface area contributed by atoms with E-state index in [1.807, 2.05) is 48.5 Å². The van der Waals surface area contributed by atoms with Crippen molar-refractivity contribution in [3.05, 3.63) is 0 Å². The third-order valence-electron chi connectivity index (χ3n) is 3.16. The van der Waals surface area contributed by atoms with Crippen LogP contribution in [-0.2, 0) is 14.3 Å². The van der Waals surface area contributed by atoms with Gasteiger partial charge < -0.3 is 9.84 Å². The minimum atomic E-state index is -0.941. The zero-order valence-corrected chi connectivity index (χ0v) is 14.7. The maximum absolute atomic E-state index is 12.6. The van der Waals surface area contributed by atoms with Crippen LogP contribution in [0.5, 0.6) is 0 Å². The fourth-order valence-corrected chi connectivity index (χ4v) is 2.75. The van der Waals surface area contributed by atoms with Crippen LogP contribution in [0.3, 0.4) is 0 Å². The van der Waals surface area contributed by atoms with Crippen molar-refractivity contribution >= 4 is 11.9 Å². The van der Waals surface area contributed by atoms with Gasteiger partial charge in [0.15, 0.2) is 0 Å². The molecule has 0 aliphatic heterocycles. The second kappa shape index (κ2) is 7.81. The first-order chi connectivity index (χ1) is 9.38. The Kier molecular flexibility index (Phi) is 7.41. The molecule has 124 valence electrons. The van der Waals surface area contributed by atoms with Gasteiger partial charge in [-0.15, -0.1) is 0 Å². The second-order valence-electron chi connectivity index (χ2n) is 8.18. The number of carbonyl (C=O) groups excluding carboxylic acids is 1. The molecule has 0 spiro atoms. The Morgan fingerprint density at radius 2 is 1.43 bits per heavy atom. The lowest BCUT2D eigenvalue weighted by Gasteiger charge is -2.34. The average molecular weight is 300 g/mol. The van der Waals surface area contributed by atoms with Gasteiger partial charge in [-0.1, -0.05) is 48.5 Å². The van der Waals surface area contributed by atoms with E-state index in [1.54, 1.807) is 0 Å². The van der Waals surface area contributed by atoms with Crippen molar-refractivity contribution in [2.45, 2.75) is 67.7 Å². The van der Waals surface area contributed by atoms with E-state index in [0.29, 0.717) is 19.4 Å². The fourth-order valence-electron chi connectivity index (χ4n) is 2.75. The number of aliphatic carboxylic acids is 1. The number of hydrogen-bond acceptors (Lipinski definition) is 3. The fraction of sp³-hybridized carbons (Fsp3) is 0.882. The van der Waals surface area contributed by atoms with Gasteiger partial charge in [0.1, 0.15) is 0 Å². The largest absolute Gasteiger partial charge is 0.481 e. The third kappa shape index (κ3) is 8.08. The molecule has 21 heavy (non-hydrogen) atoms. The molecule has 4 heteroatoms. The van der Waals surface area contributed by atoms with E-state index in [9.17, 15) is 14.7 Å². The van der Waals surface area contributed by atoms with Crippen LogP contribution < -0.4 is 0 Å². The molecule has 0 aromatic carbocycles. The molecule has 0 aliphatic carbocycles. The van der Waals surface area contributed by atoms with Crippen LogP contribution in [0.1, 0.15) is 67.7 Å². The Morgan fingerprint density at radius 3 is 1.71 bits per heavy atom. The maximum atomic E-state index is 12.6. The summed E-state index contributed by atoms with van der Waals surface area (Å²) in [6.45, 7) is 14.3. The minimum Gasteiger partial charge on any atom is -0.481 e. The van der Waals surface area contributed by atoms with Crippen molar-refractivity contribution in [3.8, 4) is 0 Å². The number of rotatable bonds is 8. The zero-order valence-electron chi connectivity index (χ0n) is 14.7. The molecule has 0 aromatic heterocycles. The van der Waals surface area contributed by atoms with Gasteiger partial charge in [-0.25, -0.2) is 0 Å². The van der Waals surface area contributed by atoms with Gasteiger partial charge in [0.2, 0.25) is 0 Å². The summed E-state index contributed by atoms with van der Waals surface area (Å²) < 4.78 is 5.47. The molecule has 0 rings (SSSR count). The highest BCUT2D eigenvalue weighted by Crippen LogP contribution is 2.39. The first-order valence-electron chi connectivity index (χ1n) is 7.77. The second-order valence-corrected chi connectivity index (χ2v) is 8.18. The van der Waals surface area contributed by atoms with Crippen molar-refractivity contribution in [2.24, 2.45) is 22.7 Å². The smallest absolute Gasteiger partial charge is 0.312 e. The molecule has 0 aromatic rings. The van der Waals surface area contributed by atoms with Gasteiger partial charge in [-0.05, 0) is 30.1 Å². The Balaban J connectivity index is 5.29. The molecule has 4 nitrogen and oxygen atoms in total. The number of carboxylic acid groups (broad SMARTS) is 1. The standard InChI is InChI=1S/C17H32O4/c1-12(2)8-17(9-13(3)4,10-14(18)19)15(20)21-11-16(5,6)7/h12-13H,8-11H2,1-7H3,(H,18,19). The van der Waals surface area contributed by atoms with Gasteiger partial charge in [0.25, 0.3) is 0 Å². The Hall–Kier alpha value is -1.06. The van der Waals surface area contributed by atoms with Gasteiger partial charge in [0.05, 0.1) is 18.4 Å². The molecule has 0 amide bonds. The van der Waals surface area contributed by atoms with Crippen molar-refractivity contribution in [1.29, 1.82) is 0 Å². The Bertz CT molecular complexity index is 340. The van der Waals surface area contributed by atoms with E-state index >= 15 is 0 Å². The van der Waals surface area contributed by atoms with Crippen LogP contribution in [0.2, 0.25) is 0 Å². The van der Waals surface area contributed by atoms with Crippen molar-refractivity contribution < 1.29 is 19.4 Å². The van der Waals surface area contributed by atoms with Gasteiger partial charge in [-0.2, -0.15) is 0 Å². The Morgan fingerprint density at radius 1 is 1.00 bits per heavy atom. The monoisotopic (exact) mass is 300 g/mol. The number of hydrogen-bond donors (Lipinski definition) is 1. The highest BCUT2D eigenvalue weighted by Gasteiger charge is 2.43. The van der Waals surface area contributed by atoms with Crippen molar-refractivity contribution in [2.75, 3.05) is 6.61 Å². The van der Waals surface area contributed by atoms with Crippen LogP contribution in [0.25, 0.3) is 0 Å². The van der Waals surface area contributed by atoms with Crippen LogP contribution >= 0.6 is 0 Å². The molecular weight excluding hydrogens is 268 g/mol. The van der Waals surface area contributed by atoms with E-state index in [-0.39, 0.29) is 29.6 Å². The van der Waals surface area contributed by atoms with Crippen molar-refractivity contribution in [3.63, 3.8) is 0 Å². The number of carbonyl (C=O) groups is 2. The van der Waals surface area contributed by atoms with Crippen LogP contribution in [0.4, 0.5) is 0 Å². The summed E-state index contributed by atoms with van der Waals surface area (Å²) in [5.74, 6) is -0.818. The molecule has 0 atom stereocenters. The first kappa shape index (κ1) is 19.9. The molecule has 0 unspecified atom stereocenters. The average Bonchev–Trinajstić information content (AvgIpc) is 2.21. The van der Waals surface area contributed by atoms with Crippen LogP contribution in [-0.4, -0.2) is 23.7 Å². The molecule has 0 bridgehead atoms. The van der Waals surface area contributed by atoms with Gasteiger partial charge in [-0.3, -0.25) is 9.59 Å². The van der Waals surface area contributed by atoms with Crippen LogP contribution in [0, 0.1) is 22.7 Å². The summed E-state index contributed by atoms with van der Waals surface area (Å²) in [7, 11) is 0. The predicted octanol–water partition coefficient (Wildman–Crippen LogP) is 4.13. The number of carboxylic acids is 1. The Labute approximate surface area is 129 Å². The lowest BCUT2D eigenvalue weighted by molar-refractivity contribution is -0.166. The number of esters is 1.